The third kappa shape index (κ3) is 2.40. The van der Waals surface area contributed by atoms with Crippen molar-refractivity contribution in [3.05, 3.63) is 74.9 Å². The van der Waals surface area contributed by atoms with Gasteiger partial charge in [0.15, 0.2) is 0 Å². The van der Waals surface area contributed by atoms with Gasteiger partial charge in [0.2, 0.25) is 11.6 Å². The summed E-state index contributed by atoms with van der Waals surface area (Å²) in [6.45, 7) is 3.94. The van der Waals surface area contributed by atoms with Crippen molar-refractivity contribution in [1.29, 1.82) is 0 Å². The van der Waals surface area contributed by atoms with Gasteiger partial charge >= 0.3 is 0 Å². The molecule has 3 rings (SSSR count). The van der Waals surface area contributed by atoms with Crippen LogP contribution in [0.2, 0.25) is 0 Å². The summed E-state index contributed by atoms with van der Waals surface area (Å²) in [4.78, 5) is 25.1. The lowest BCUT2D eigenvalue weighted by Crippen LogP contribution is -2.24. The summed E-state index contributed by atoms with van der Waals surface area (Å²) in [6.07, 6.45) is 0. The van der Waals surface area contributed by atoms with Gasteiger partial charge in [-0.25, -0.2) is 0 Å². The Labute approximate surface area is 137 Å². The number of rotatable bonds is 2. The minimum Gasteiger partial charge on any atom is -0.351 e. The first-order valence-corrected chi connectivity index (χ1v) is 7.71. The zero-order valence-electron chi connectivity index (χ0n) is 12.2. The molecule has 0 aromatic heterocycles. The summed E-state index contributed by atoms with van der Waals surface area (Å²) in [5.41, 5.74) is 4.08. The average Bonchev–Trinajstić information content (AvgIpc) is 2.52. The number of ketones is 2. The molecule has 1 aliphatic carbocycles. The molecule has 0 radical (unpaired) electrons. The first kappa shape index (κ1) is 14.7. The fourth-order valence-corrected chi connectivity index (χ4v) is 2.95. The SMILES string of the molecule is Cc1ccc(C)c(NC2=C(Br)C(=O)c3ccccc3C2=O)c1. The Morgan fingerprint density at radius 1 is 0.909 bits per heavy atom. The summed E-state index contributed by atoms with van der Waals surface area (Å²) in [7, 11) is 0. The highest BCUT2D eigenvalue weighted by atomic mass is 79.9. The Kier molecular flexibility index (Phi) is 3.71. The number of carbonyl (C=O) groups excluding carboxylic acids is 2. The van der Waals surface area contributed by atoms with E-state index in [1.807, 2.05) is 32.0 Å². The molecule has 0 unspecified atom stereocenters. The second-order valence-electron chi connectivity index (χ2n) is 5.34. The normalized spacial score (nSPS) is 14.1. The van der Waals surface area contributed by atoms with Crippen LogP contribution in [-0.4, -0.2) is 11.6 Å². The molecule has 0 fully saturated rings. The Morgan fingerprint density at radius 3 is 2.23 bits per heavy atom. The molecule has 0 bridgehead atoms. The van der Waals surface area contributed by atoms with Crippen molar-refractivity contribution >= 4 is 33.2 Å². The highest BCUT2D eigenvalue weighted by Crippen LogP contribution is 2.31. The Balaban J connectivity index is 2.07. The predicted octanol–water partition coefficient (Wildman–Crippen LogP) is 4.40. The Hall–Kier alpha value is -2.20. The number of carbonyl (C=O) groups is 2. The lowest BCUT2D eigenvalue weighted by Gasteiger charge is -2.20. The molecule has 0 amide bonds. The Morgan fingerprint density at radius 2 is 1.55 bits per heavy atom. The number of hydrogen-bond acceptors (Lipinski definition) is 3. The third-order valence-electron chi connectivity index (χ3n) is 3.71. The van der Waals surface area contributed by atoms with E-state index in [2.05, 4.69) is 21.2 Å². The van der Waals surface area contributed by atoms with Crippen LogP contribution in [0.5, 0.6) is 0 Å². The summed E-state index contributed by atoms with van der Waals surface area (Å²) in [6, 6.07) is 12.8. The van der Waals surface area contributed by atoms with E-state index < -0.39 is 0 Å². The van der Waals surface area contributed by atoms with Crippen LogP contribution < -0.4 is 5.32 Å². The molecule has 1 N–H and O–H groups in total. The van der Waals surface area contributed by atoms with Crippen LogP contribution in [0.1, 0.15) is 31.8 Å². The van der Waals surface area contributed by atoms with Gasteiger partial charge < -0.3 is 5.32 Å². The van der Waals surface area contributed by atoms with E-state index >= 15 is 0 Å². The van der Waals surface area contributed by atoms with Crippen LogP contribution in [0.25, 0.3) is 0 Å². The number of nitrogens with one attached hydrogen (secondary N) is 1. The van der Waals surface area contributed by atoms with Crippen molar-refractivity contribution in [1.82, 2.24) is 0 Å². The molecular formula is C18H14BrNO2. The summed E-state index contributed by atoms with van der Waals surface area (Å²) in [5.74, 6) is -0.356. The molecule has 110 valence electrons. The Bertz CT molecular complexity index is 837. The van der Waals surface area contributed by atoms with Gasteiger partial charge in [0.25, 0.3) is 0 Å². The van der Waals surface area contributed by atoms with Crippen molar-refractivity contribution in [3.8, 4) is 0 Å². The largest absolute Gasteiger partial charge is 0.351 e. The minimum absolute atomic E-state index is 0.178. The van der Waals surface area contributed by atoms with Gasteiger partial charge in [0, 0.05) is 16.8 Å². The fraction of sp³-hybridized carbons (Fsp3) is 0.111. The smallest absolute Gasteiger partial charge is 0.211 e. The van der Waals surface area contributed by atoms with E-state index in [9.17, 15) is 9.59 Å². The van der Waals surface area contributed by atoms with Crippen LogP contribution in [0, 0.1) is 13.8 Å². The van der Waals surface area contributed by atoms with Gasteiger partial charge in [-0.2, -0.15) is 0 Å². The number of allylic oxidation sites excluding steroid dienone is 2. The first-order chi connectivity index (χ1) is 10.5. The maximum absolute atomic E-state index is 12.7. The standard InChI is InChI=1S/C18H14BrNO2/c1-10-7-8-11(2)14(9-10)20-16-15(19)17(21)12-5-3-4-6-13(12)18(16)22/h3-9,20H,1-2H3. The molecule has 0 saturated carbocycles. The van der Waals surface area contributed by atoms with Crippen molar-refractivity contribution in [2.24, 2.45) is 0 Å². The summed E-state index contributed by atoms with van der Waals surface area (Å²) < 4.78 is 0.275. The van der Waals surface area contributed by atoms with Gasteiger partial charge in [0.05, 0.1) is 4.48 Å². The van der Waals surface area contributed by atoms with Crippen molar-refractivity contribution in [2.45, 2.75) is 13.8 Å². The molecule has 0 aliphatic heterocycles. The predicted molar refractivity (Wildman–Crippen MR) is 90.6 cm³/mol. The number of anilines is 1. The number of aryl methyl sites for hydroxylation is 2. The van der Waals surface area contributed by atoms with Gasteiger partial charge in [-0.1, -0.05) is 36.4 Å². The van der Waals surface area contributed by atoms with Crippen LogP contribution >= 0.6 is 15.9 Å². The number of benzene rings is 2. The maximum Gasteiger partial charge on any atom is 0.211 e. The zero-order chi connectivity index (χ0) is 15.9. The van der Waals surface area contributed by atoms with Crippen molar-refractivity contribution < 1.29 is 9.59 Å². The number of Topliss-reactive ketones (excluding diaryl/α,β-unsaturated/α-hetero) is 2. The molecule has 3 nitrogen and oxygen atoms in total. The average molecular weight is 356 g/mol. The third-order valence-corrected chi connectivity index (χ3v) is 4.47. The first-order valence-electron chi connectivity index (χ1n) is 6.91. The van der Waals surface area contributed by atoms with E-state index in [1.54, 1.807) is 24.3 Å². The zero-order valence-corrected chi connectivity index (χ0v) is 13.8. The highest BCUT2D eigenvalue weighted by molar-refractivity contribution is 9.12. The molecule has 0 atom stereocenters. The molecular weight excluding hydrogens is 342 g/mol. The van der Waals surface area contributed by atoms with E-state index in [1.165, 1.54) is 0 Å². The highest BCUT2D eigenvalue weighted by Gasteiger charge is 2.31. The molecule has 0 heterocycles. The second kappa shape index (κ2) is 5.54. The van der Waals surface area contributed by atoms with Gasteiger partial charge in [-0.3, -0.25) is 9.59 Å². The number of fused-ring (bicyclic) bond motifs is 1. The van der Waals surface area contributed by atoms with E-state index in [-0.39, 0.29) is 21.7 Å². The van der Waals surface area contributed by atoms with Gasteiger partial charge in [0.1, 0.15) is 5.70 Å². The second-order valence-corrected chi connectivity index (χ2v) is 6.13. The molecule has 22 heavy (non-hydrogen) atoms. The summed E-state index contributed by atoms with van der Waals surface area (Å²) in [5, 5.41) is 3.12. The minimum atomic E-state index is -0.178. The molecule has 0 spiro atoms. The van der Waals surface area contributed by atoms with E-state index in [4.69, 9.17) is 0 Å². The lowest BCUT2D eigenvalue weighted by atomic mass is 9.92. The van der Waals surface area contributed by atoms with Crippen LogP contribution in [0.3, 0.4) is 0 Å². The quantitative estimate of drug-likeness (QED) is 0.868. The summed E-state index contributed by atoms with van der Waals surface area (Å²) >= 11 is 3.28. The lowest BCUT2D eigenvalue weighted by molar-refractivity contribution is 0.0983. The van der Waals surface area contributed by atoms with Crippen LogP contribution in [0.4, 0.5) is 5.69 Å². The van der Waals surface area contributed by atoms with Crippen molar-refractivity contribution in [2.75, 3.05) is 5.32 Å². The monoisotopic (exact) mass is 355 g/mol. The fourth-order valence-electron chi connectivity index (χ4n) is 2.46. The van der Waals surface area contributed by atoms with Gasteiger partial charge in [-0.05, 0) is 47.0 Å². The van der Waals surface area contributed by atoms with E-state index in [0.717, 1.165) is 16.8 Å². The van der Waals surface area contributed by atoms with E-state index in [0.29, 0.717) is 11.1 Å². The van der Waals surface area contributed by atoms with Crippen molar-refractivity contribution in [3.63, 3.8) is 0 Å². The molecule has 0 saturated heterocycles. The molecule has 2 aromatic carbocycles. The number of halogens is 1. The van der Waals surface area contributed by atoms with Gasteiger partial charge in [-0.15, -0.1) is 0 Å². The maximum atomic E-state index is 12.7. The molecule has 2 aromatic rings. The number of hydrogen-bond donors (Lipinski definition) is 1. The molecule has 1 aliphatic rings. The van der Waals surface area contributed by atoms with Crippen LogP contribution in [0.15, 0.2) is 52.6 Å². The molecule has 4 heteroatoms. The topological polar surface area (TPSA) is 46.2 Å². The van der Waals surface area contributed by atoms with Crippen LogP contribution in [-0.2, 0) is 0 Å².